The fourth-order valence-electron chi connectivity index (χ4n) is 3.23. The quantitative estimate of drug-likeness (QED) is 0.494. The number of pyridine rings is 1. The third-order valence-corrected chi connectivity index (χ3v) is 4.69. The Bertz CT molecular complexity index is 1180. The smallest absolute Gasteiger partial charge is 0.383 e. The summed E-state index contributed by atoms with van der Waals surface area (Å²) in [6, 6.07) is 5.63. The molecule has 0 aliphatic carbocycles. The number of anilines is 1. The van der Waals surface area contributed by atoms with Gasteiger partial charge in [0.05, 0.1) is 30.4 Å². The van der Waals surface area contributed by atoms with Gasteiger partial charge in [0.2, 0.25) is 5.95 Å². The van der Waals surface area contributed by atoms with Gasteiger partial charge in [-0.05, 0) is 25.1 Å². The molecule has 0 fully saturated rings. The van der Waals surface area contributed by atoms with E-state index in [1.165, 1.54) is 0 Å². The number of imidazole rings is 1. The number of hydrogen-bond acceptors (Lipinski definition) is 6. The van der Waals surface area contributed by atoms with Gasteiger partial charge in [-0.1, -0.05) is 0 Å². The number of alkyl halides is 3. The summed E-state index contributed by atoms with van der Waals surface area (Å²) in [6.45, 7) is 2.82. The van der Waals surface area contributed by atoms with Crippen LogP contribution < -0.4 is 5.32 Å². The highest BCUT2D eigenvalue weighted by Crippen LogP contribution is 2.26. The number of fused-ring (bicyclic) bond motifs is 2. The zero-order valence-electron chi connectivity index (χ0n) is 16.4. The molecular formula is C19H20F3N7O. The molecule has 11 heteroatoms. The van der Waals surface area contributed by atoms with Crippen LogP contribution in [0.5, 0.6) is 0 Å². The molecule has 4 aromatic heterocycles. The van der Waals surface area contributed by atoms with Crippen molar-refractivity contribution in [1.29, 1.82) is 0 Å². The molecule has 8 nitrogen and oxygen atoms in total. The van der Waals surface area contributed by atoms with Gasteiger partial charge in [0, 0.05) is 32.0 Å². The molecule has 1 N–H and O–H groups in total. The average molecular weight is 419 g/mol. The Morgan fingerprint density at radius 1 is 1.17 bits per heavy atom. The molecule has 0 amide bonds. The first kappa shape index (κ1) is 20.1. The largest absolute Gasteiger partial charge is 0.390 e. The zero-order chi connectivity index (χ0) is 21.3. The highest BCUT2D eigenvalue weighted by molar-refractivity contribution is 5.82. The van der Waals surface area contributed by atoms with Crippen LogP contribution in [0.2, 0.25) is 0 Å². The van der Waals surface area contributed by atoms with Crippen molar-refractivity contribution in [3.8, 4) is 11.3 Å². The minimum absolute atomic E-state index is 0.130. The fourth-order valence-corrected chi connectivity index (χ4v) is 3.23. The van der Waals surface area contributed by atoms with E-state index in [0.717, 1.165) is 28.2 Å². The van der Waals surface area contributed by atoms with Crippen molar-refractivity contribution in [2.45, 2.75) is 26.1 Å². The van der Waals surface area contributed by atoms with Crippen LogP contribution in [0, 0.1) is 6.92 Å². The number of hydrogen-bond donors (Lipinski definition) is 1. The Kier molecular flexibility index (Phi) is 5.29. The number of nitrogens with one attached hydrogen (secondary N) is 1. The second-order valence-electron chi connectivity index (χ2n) is 6.78. The van der Waals surface area contributed by atoms with E-state index < -0.39 is 12.6 Å². The lowest BCUT2D eigenvalue weighted by Gasteiger charge is -2.08. The van der Waals surface area contributed by atoms with Crippen molar-refractivity contribution in [2.75, 3.05) is 25.6 Å². The van der Waals surface area contributed by atoms with E-state index in [9.17, 15) is 13.2 Å². The maximum Gasteiger partial charge on any atom is 0.390 e. The van der Waals surface area contributed by atoms with Crippen LogP contribution in [0.25, 0.3) is 27.9 Å². The molecule has 158 valence electrons. The summed E-state index contributed by atoms with van der Waals surface area (Å²) >= 11 is 0. The maximum atomic E-state index is 12.3. The van der Waals surface area contributed by atoms with Crippen LogP contribution >= 0.6 is 0 Å². The van der Waals surface area contributed by atoms with Crippen LogP contribution in [-0.2, 0) is 11.3 Å². The molecule has 4 aromatic rings. The van der Waals surface area contributed by atoms with Gasteiger partial charge in [0.1, 0.15) is 11.3 Å². The van der Waals surface area contributed by atoms with Gasteiger partial charge in [0.15, 0.2) is 5.65 Å². The molecule has 0 saturated carbocycles. The number of ether oxygens (including phenoxy) is 1. The summed E-state index contributed by atoms with van der Waals surface area (Å²) in [4.78, 5) is 13.4. The van der Waals surface area contributed by atoms with Crippen molar-refractivity contribution in [2.24, 2.45) is 0 Å². The number of aromatic nitrogens is 6. The van der Waals surface area contributed by atoms with E-state index in [0.29, 0.717) is 18.7 Å². The summed E-state index contributed by atoms with van der Waals surface area (Å²) in [6.07, 6.45) is -1.89. The number of aryl methyl sites for hydroxylation is 1. The maximum absolute atomic E-state index is 12.3. The van der Waals surface area contributed by atoms with Crippen LogP contribution in [0.3, 0.4) is 0 Å². The minimum Gasteiger partial charge on any atom is -0.383 e. The first-order valence-corrected chi connectivity index (χ1v) is 9.34. The van der Waals surface area contributed by atoms with Crippen molar-refractivity contribution in [1.82, 2.24) is 29.1 Å². The summed E-state index contributed by atoms with van der Waals surface area (Å²) in [7, 11) is 1.65. The van der Waals surface area contributed by atoms with Gasteiger partial charge in [-0.15, -0.1) is 5.10 Å². The number of rotatable bonds is 7. The molecule has 4 heterocycles. The Morgan fingerprint density at radius 3 is 2.77 bits per heavy atom. The molecule has 0 aromatic carbocycles. The molecule has 0 radical (unpaired) electrons. The van der Waals surface area contributed by atoms with Crippen LogP contribution in [-0.4, -0.2) is 55.6 Å². The normalized spacial score (nSPS) is 12.2. The highest BCUT2D eigenvalue weighted by Gasteiger charge is 2.26. The van der Waals surface area contributed by atoms with Crippen LogP contribution in [0.15, 0.2) is 30.6 Å². The van der Waals surface area contributed by atoms with E-state index in [1.54, 1.807) is 24.0 Å². The molecule has 30 heavy (non-hydrogen) atoms. The third kappa shape index (κ3) is 4.06. The lowest BCUT2D eigenvalue weighted by Crippen LogP contribution is -2.16. The van der Waals surface area contributed by atoms with Gasteiger partial charge < -0.3 is 14.6 Å². The Balaban J connectivity index is 1.63. The minimum atomic E-state index is -4.23. The Hall–Kier alpha value is -3.21. The van der Waals surface area contributed by atoms with Gasteiger partial charge in [-0.3, -0.25) is 0 Å². The molecular weight excluding hydrogens is 399 g/mol. The van der Waals surface area contributed by atoms with E-state index in [-0.39, 0.29) is 12.5 Å². The van der Waals surface area contributed by atoms with E-state index in [2.05, 4.69) is 20.4 Å². The van der Waals surface area contributed by atoms with E-state index >= 15 is 0 Å². The van der Waals surface area contributed by atoms with Gasteiger partial charge in [-0.2, -0.15) is 13.2 Å². The third-order valence-electron chi connectivity index (χ3n) is 4.69. The fraction of sp³-hybridized carbons (Fsp3) is 0.368. The van der Waals surface area contributed by atoms with Crippen LogP contribution in [0.1, 0.15) is 12.2 Å². The molecule has 0 aliphatic rings. The first-order valence-electron chi connectivity index (χ1n) is 9.34. The highest BCUT2D eigenvalue weighted by atomic mass is 19.4. The SMILES string of the molecule is COCCn1c(C)nc2ccc(-c3ccn4nc(NCCC(F)(F)F)ncc34)nc21. The topological polar surface area (TPSA) is 82.2 Å². The molecule has 4 rings (SSSR count). The molecule has 0 aliphatic heterocycles. The number of halogens is 3. The summed E-state index contributed by atoms with van der Waals surface area (Å²) < 4.78 is 45.7. The first-order chi connectivity index (χ1) is 14.4. The lowest BCUT2D eigenvalue weighted by atomic mass is 10.2. The predicted octanol–water partition coefficient (Wildman–Crippen LogP) is 3.46. The molecule has 0 spiro atoms. The number of methoxy groups -OCH3 is 1. The van der Waals surface area contributed by atoms with Gasteiger partial charge in [0.25, 0.3) is 0 Å². The van der Waals surface area contributed by atoms with Crippen LogP contribution in [0.4, 0.5) is 19.1 Å². The summed E-state index contributed by atoms with van der Waals surface area (Å²) in [5.41, 5.74) is 3.79. The Morgan fingerprint density at radius 2 is 2.00 bits per heavy atom. The molecule has 0 bridgehead atoms. The van der Waals surface area contributed by atoms with Crippen molar-refractivity contribution in [3.05, 3.63) is 36.4 Å². The molecule has 0 unspecified atom stereocenters. The second-order valence-corrected chi connectivity index (χ2v) is 6.78. The number of nitrogens with zero attached hydrogens (tertiary/aromatic N) is 6. The second kappa shape index (κ2) is 7.90. The van der Waals surface area contributed by atoms with Crippen molar-refractivity contribution >= 4 is 22.6 Å². The standard InChI is InChI=1S/C19H20F3N7O/c1-12-25-15-4-3-14(26-17(15)28(12)9-10-30-2)13-5-8-29-16(13)11-24-18(27-29)23-7-6-19(20,21)22/h3-5,8,11H,6-7,9-10H2,1-2H3,(H,23,27). The summed E-state index contributed by atoms with van der Waals surface area (Å²) in [5, 5.41) is 6.82. The molecule has 0 saturated heterocycles. The van der Waals surface area contributed by atoms with Gasteiger partial charge >= 0.3 is 6.18 Å². The summed E-state index contributed by atoms with van der Waals surface area (Å²) in [5.74, 6) is 0.983. The predicted molar refractivity (Wildman–Crippen MR) is 105 cm³/mol. The molecule has 0 atom stereocenters. The zero-order valence-corrected chi connectivity index (χ0v) is 16.4. The van der Waals surface area contributed by atoms with E-state index in [4.69, 9.17) is 9.72 Å². The Labute approximate surface area is 169 Å². The van der Waals surface area contributed by atoms with Crippen molar-refractivity contribution in [3.63, 3.8) is 0 Å². The lowest BCUT2D eigenvalue weighted by molar-refractivity contribution is -0.131. The van der Waals surface area contributed by atoms with E-state index in [1.807, 2.05) is 29.7 Å². The van der Waals surface area contributed by atoms with Gasteiger partial charge in [-0.25, -0.2) is 19.5 Å². The van der Waals surface area contributed by atoms with Crippen molar-refractivity contribution < 1.29 is 17.9 Å². The monoisotopic (exact) mass is 419 g/mol. The average Bonchev–Trinajstić information content (AvgIpc) is 3.24.